The van der Waals surface area contributed by atoms with Crippen LogP contribution in [0.2, 0.25) is 0 Å². The van der Waals surface area contributed by atoms with Crippen LogP contribution < -0.4 is 5.32 Å². The van der Waals surface area contributed by atoms with Gasteiger partial charge in [-0.15, -0.1) is 0 Å². The van der Waals surface area contributed by atoms with Crippen molar-refractivity contribution in [2.45, 2.75) is 26.3 Å². The SMILES string of the molecule is CC(C)NCCc1nc(-c2ccncn2)no1. The van der Waals surface area contributed by atoms with Crippen molar-refractivity contribution < 1.29 is 4.52 Å². The Labute approximate surface area is 99.5 Å². The highest BCUT2D eigenvalue weighted by atomic mass is 16.5. The van der Waals surface area contributed by atoms with Crippen LogP contribution in [0.5, 0.6) is 0 Å². The Morgan fingerprint density at radius 1 is 1.41 bits per heavy atom. The Morgan fingerprint density at radius 2 is 2.29 bits per heavy atom. The minimum absolute atomic E-state index is 0.458. The van der Waals surface area contributed by atoms with E-state index in [9.17, 15) is 0 Å². The van der Waals surface area contributed by atoms with E-state index in [0.717, 1.165) is 13.0 Å². The van der Waals surface area contributed by atoms with Crippen molar-refractivity contribution in [3.8, 4) is 11.5 Å². The highest BCUT2D eigenvalue weighted by molar-refractivity contribution is 5.46. The summed E-state index contributed by atoms with van der Waals surface area (Å²) in [6.07, 6.45) is 3.83. The fourth-order valence-electron chi connectivity index (χ4n) is 1.35. The van der Waals surface area contributed by atoms with Crippen LogP contribution in [0.1, 0.15) is 19.7 Å². The molecule has 0 spiro atoms. The van der Waals surface area contributed by atoms with Gasteiger partial charge in [-0.25, -0.2) is 9.97 Å². The van der Waals surface area contributed by atoms with E-state index in [1.54, 1.807) is 12.3 Å². The van der Waals surface area contributed by atoms with Gasteiger partial charge in [0.1, 0.15) is 12.0 Å². The molecule has 0 aliphatic rings. The Bertz CT molecular complexity index is 454. The molecule has 6 heteroatoms. The maximum Gasteiger partial charge on any atom is 0.228 e. The molecule has 2 rings (SSSR count). The van der Waals surface area contributed by atoms with Gasteiger partial charge in [0.2, 0.25) is 11.7 Å². The summed E-state index contributed by atoms with van der Waals surface area (Å²) in [5, 5.41) is 7.17. The number of rotatable bonds is 5. The Morgan fingerprint density at radius 3 is 3.00 bits per heavy atom. The highest BCUT2D eigenvalue weighted by Crippen LogP contribution is 2.11. The quantitative estimate of drug-likeness (QED) is 0.832. The standard InChI is InChI=1S/C11H15N5O/c1-8(2)13-6-4-10-15-11(16-17-10)9-3-5-12-7-14-9/h3,5,7-8,13H,4,6H2,1-2H3. The lowest BCUT2D eigenvalue weighted by Crippen LogP contribution is -2.25. The second-order valence-electron chi connectivity index (χ2n) is 3.97. The van der Waals surface area contributed by atoms with E-state index < -0.39 is 0 Å². The lowest BCUT2D eigenvalue weighted by Gasteiger charge is -2.04. The van der Waals surface area contributed by atoms with Crippen LogP contribution in [0.25, 0.3) is 11.5 Å². The zero-order valence-corrected chi connectivity index (χ0v) is 9.92. The summed E-state index contributed by atoms with van der Waals surface area (Å²) in [6.45, 7) is 5.02. The van der Waals surface area contributed by atoms with E-state index >= 15 is 0 Å². The summed E-state index contributed by atoms with van der Waals surface area (Å²) in [5.41, 5.74) is 0.673. The molecule has 0 aliphatic carbocycles. The van der Waals surface area contributed by atoms with Gasteiger partial charge in [0.25, 0.3) is 0 Å². The molecule has 6 nitrogen and oxygen atoms in total. The summed E-state index contributed by atoms with van der Waals surface area (Å²) in [5.74, 6) is 1.12. The van der Waals surface area contributed by atoms with Crippen LogP contribution in [-0.2, 0) is 6.42 Å². The van der Waals surface area contributed by atoms with Gasteiger partial charge in [-0.1, -0.05) is 19.0 Å². The molecule has 0 aromatic carbocycles. The van der Waals surface area contributed by atoms with Crippen LogP contribution in [0.4, 0.5) is 0 Å². The average Bonchev–Trinajstić information content (AvgIpc) is 2.78. The van der Waals surface area contributed by atoms with Crippen molar-refractivity contribution in [1.29, 1.82) is 0 Å². The minimum Gasteiger partial charge on any atom is -0.339 e. The molecule has 1 N–H and O–H groups in total. The Balaban J connectivity index is 1.97. The van der Waals surface area contributed by atoms with E-state index in [4.69, 9.17) is 4.52 Å². The van der Waals surface area contributed by atoms with Crippen molar-refractivity contribution in [2.24, 2.45) is 0 Å². The third kappa shape index (κ3) is 3.32. The Hall–Kier alpha value is -1.82. The van der Waals surface area contributed by atoms with Gasteiger partial charge in [0.05, 0.1) is 0 Å². The van der Waals surface area contributed by atoms with Gasteiger partial charge >= 0.3 is 0 Å². The van der Waals surface area contributed by atoms with Crippen molar-refractivity contribution in [1.82, 2.24) is 25.4 Å². The van der Waals surface area contributed by atoms with Crippen LogP contribution in [0.15, 0.2) is 23.1 Å². The molecule has 0 bridgehead atoms. The first-order valence-electron chi connectivity index (χ1n) is 5.58. The molecule has 0 saturated carbocycles. The number of hydrogen-bond acceptors (Lipinski definition) is 6. The van der Waals surface area contributed by atoms with E-state index in [1.165, 1.54) is 6.33 Å². The number of aromatic nitrogens is 4. The maximum absolute atomic E-state index is 5.14. The molecule has 90 valence electrons. The lowest BCUT2D eigenvalue weighted by atomic mass is 10.3. The number of hydrogen-bond donors (Lipinski definition) is 1. The maximum atomic E-state index is 5.14. The molecule has 0 amide bonds. The van der Waals surface area contributed by atoms with Crippen LogP contribution in [0, 0.1) is 0 Å². The minimum atomic E-state index is 0.458. The molecule has 0 saturated heterocycles. The highest BCUT2D eigenvalue weighted by Gasteiger charge is 2.08. The van der Waals surface area contributed by atoms with Crippen LogP contribution in [0.3, 0.4) is 0 Å². The van der Waals surface area contributed by atoms with Gasteiger partial charge in [-0.2, -0.15) is 4.98 Å². The molecule has 0 unspecified atom stereocenters. The first-order valence-corrected chi connectivity index (χ1v) is 5.58. The number of nitrogens with one attached hydrogen (secondary N) is 1. The topological polar surface area (TPSA) is 76.7 Å². The largest absolute Gasteiger partial charge is 0.339 e. The predicted octanol–water partition coefficient (Wildman–Crippen LogP) is 1.07. The van der Waals surface area contributed by atoms with Gasteiger partial charge in [0, 0.05) is 25.2 Å². The first-order chi connectivity index (χ1) is 8.25. The van der Waals surface area contributed by atoms with E-state index in [2.05, 4.69) is 39.3 Å². The molecule has 0 aliphatic heterocycles. The Kier molecular flexibility index (Phi) is 3.77. The summed E-state index contributed by atoms with van der Waals surface area (Å²) in [4.78, 5) is 12.2. The first kappa shape index (κ1) is 11.7. The molecular formula is C11H15N5O. The lowest BCUT2D eigenvalue weighted by molar-refractivity contribution is 0.374. The normalized spacial score (nSPS) is 11.0. The molecule has 0 radical (unpaired) electrons. The summed E-state index contributed by atoms with van der Waals surface area (Å²) >= 11 is 0. The van der Waals surface area contributed by atoms with E-state index in [0.29, 0.717) is 23.5 Å². The third-order valence-electron chi connectivity index (χ3n) is 2.17. The van der Waals surface area contributed by atoms with E-state index in [1.807, 2.05) is 0 Å². The van der Waals surface area contributed by atoms with Crippen molar-refractivity contribution in [3.63, 3.8) is 0 Å². The zero-order valence-electron chi connectivity index (χ0n) is 9.92. The molecule has 2 aromatic rings. The molecule has 0 fully saturated rings. The molecular weight excluding hydrogens is 218 g/mol. The van der Waals surface area contributed by atoms with Crippen molar-refractivity contribution in [2.75, 3.05) is 6.54 Å². The van der Waals surface area contributed by atoms with E-state index in [-0.39, 0.29) is 0 Å². The second kappa shape index (κ2) is 5.49. The smallest absolute Gasteiger partial charge is 0.228 e. The monoisotopic (exact) mass is 233 g/mol. The van der Waals surface area contributed by atoms with Crippen molar-refractivity contribution in [3.05, 3.63) is 24.5 Å². The molecule has 0 atom stereocenters. The van der Waals surface area contributed by atoms with Crippen molar-refractivity contribution >= 4 is 0 Å². The second-order valence-corrected chi connectivity index (χ2v) is 3.97. The summed E-state index contributed by atoms with van der Waals surface area (Å²) in [6, 6.07) is 2.21. The van der Waals surface area contributed by atoms with Gasteiger partial charge < -0.3 is 9.84 Å². The number of nitrogens with zero attached hydrogens (tertiary/aromatic N) is 4. The van der Waals surface area contributed by atoms with Gasteiger partial charge in [0.15, 0.2) is 0 Å². The molecule has 2 aromatic heterocycles. The van der Waals surface area contributed by atoms with Gasteiger partial charge in [-0.05, 0) is 6.07 Å². The predicted molar refractivity (Wildman–Crippen MR) is 62.2 cm³/mol. The molecule has 2 heterocycles. The van der Waals surface area contributed by atoms with Gasteiger partial charge in [-0.3, -0.25) is 0 Å². The van der Waals surface area contributed by atoms with Crippen LogP contribution >= 0.6 is 0 Å². The summed E-state index contributed by atoms with van der Waals surface area (Å²) in [7, 11) is 0. The van der Waals surface area contributed by atoms with Crippen LogP contribution in [-0.4, -0.2) is 32.7 Å². The summed E-state index contributed by atoms with van der Waals surface area (Å²) < 4.78 is 5.14. The average molecular weight is 233 g/mol. The zero-order chi connectivity index (χ0) is 12.1. The fourth-order valence-corrected chi connectivity index (χ4v) is 1.35. The third-order valence-corrected chi connectivity index (χ3v) is 2.17. The molecule has 17 heavy (non-hydrogen) atoms. The fraction of sp³-hybridized carbons (Fsp3) is 0.455.